The van der Waals surface area contributed by atoms with Gasteiger partial charge in [-0.3, -0.25) is 4.68 Å². The van der Waals surface area contributed by atoms with E-state index in [9.17, 15) is 0 Å². The smallest absolute Gasteiger partial charge is 0.165 e. The number of rotatable bonds is 3. The molecular weight excluding hydrogens is 228 g/mol. The lowest BCUT2D eigenvalue weighted by Gasteiger charge is -2.10. The van der Waals surface area contributed by atoms with Gasteiger partial charge in [-0.15, -0.1) is 0 Å². The molecule has 3 N–H and O–H groups in total. The maximum Gasteiger partial charge on any atom is 0.165 e. The monoisotopic (exact) mass is 246 g/mol. The SMILES string of the molecule is CCc1nc(-c2cn(C)nc2C)nc(NN)c1C. The minimum absolute atomic E-state index is 0.663. The minimum Gasteiger partial charge on any atom is -0.308 e. The van der Waals surface area contributed by atoms with E-state index >= 15 is 0 Å². The van der Waals surface area contributed by atoms with Crippen molar-refractivity contribution in [2.45, 2.75) is 27.2 Å². The van der Waals surface area contributed by atoms with Gasteiger partial charge in [0.25, 0.3) is 0 Å². The summed E-state index contributed by atoms with van der Waals surface area (Å²) in [5.74, 6) is 6.83. The Kier molecular flexibility index (Phi) is 3.29. The van der Waals surface area contributed by atoms with Crippen LogP contribution in [0.15, 0.2) is 6.20 Å². The average molecular weight is 246 g/mol. The quantitative estimate of drug-likeness (QED) is 0.631. The van der Waals surface area contributed by atoms with Gasteiger partial charge < -0.3 is 5.43 Å². The molecule has 0 atom stereocenters. The Labute approximate surface area is 106 Å². The Morgan fingerprint density at radius 3 is 2.56 bits per heavy atom. The van der Waals surface area contributed by atoms with Gasteiger partial charge in [0.05, 0.1) is 11.3 Å². The van der Waals surface area contributed by atoms with E-state index in [0.717, 1.165) is 28.9 Å². The number of aryl methyl sites for hydroxylation is 3. The summed E-state index contributed by atoms with van der Waals surface area (Å²) in [7, 11) is 1.88. The van der Waals surface area contributed by atoms with Crippen LogP contribution in [0, 0.1) is 13.8 Å². The zero-order chi connectivity index (χ0) is 13.3. The fourth-order valence-corrected chi connectivity index (χ4v) is 1.99. The Morgan fingerprint density at radius 1 is 1.33 bits per heavy atom. The molecule has 2 aromatic rings. The molecule has 2 aromatic heterocycles. The van der Waals surface area contributed by atoms with Crippen molar-refractivity contribution in [3.63, 3.8) is 0 Å². The largest absolute Gasteiger partial charge is 0.308 e. The van der Waals surface area contributed by atoms with Crippen LogP contribution in [0.4, 0.5) is 5.82 Å². The van der Waals surface area contributed by atoms with E-state index in [1.54, 1.807) is 4.68 Å². The van der Waals surface area contributed by atoms with Crippen LogP contribution in [-0.4, -0.2) is 19.7 Å². The van der Waals surface area contributed by atoms with Crippen LogP contribution in [0.2, 0.25) is 0 Å². The van der Waals surface area contributed by atoms with Crippen molar-refractivity contribution in [1.29, 1.82) is 0 Å². The molecule has 6 heteroatoms. The van der Waals surface area contributed by atoms with Gasteiger partial charge in [0.15, 0.2) is 5.82 Å². The van der Waals surface area contributed by atoms with E-state index in [-0.39, 0.29) is 0 Å². The number of nitrogens with zero attached hydrogens (tertiary/aromatic N) is 4. The molecule has 0 aliphatic carbocycles. The molecule has 6 nitrogen and oxygen atoms in total. The number of nitrogens with one attached hydrogen (secondary N) is 1. The van der Waals surface area contributed by atoms with E-state index in [4.69, 9.17) is 5.84 Å². The van der Waals surface area contributed by atoms with Gasteiger partial charge in [-0.05, 0) is 20.3 Å². The van der Waals surface area contributed by atoms with Crippen LogP contribution >= 0.6 is 0 Å². The number of hydrazine groups is 1. The first-order valence-electron chi connectivity index (χ1n) is 5.91. The topological polar surface area (TPSA) is 81.7 Å². The van der Waals surface area contributed by atoms with Crippen molar-refractivity contribution in [3.05, 3.63) is 23.1 Å². The molecule has 0 unspecified atom stereocenters. The van der Waals surface area contributed by atoms with Gasteiger partial charge >= 0.3 is 0 Å². The summed E-state index contributed by atoms with van der Waals surface area (Å²) < 4.78 is 1.76. The molecule has 0 radical (unpaired) electrons. The zero-order valence-corrected chi connectivity index (χ0v) is 11.2. The van der Waals surface area contributed by atoms with Gasteiger partial charge in [0.2, 0.25) is 0 Å². The Hall–Kier alpha value is -1.95. The molecule has 0 saturated carbocycles. The summed E-state index contributed by atoms with van der Waals surface area (Å²) in [4.78, 5) is 9.03. The summed E-state index contributed by atoms with van der Waals surface area (Å²) in [6.45, 7) is 5.98. The van der Waals surface area contributed by atoms with Crippen LogP contribution in [0.3, 0.4) is 0 Å². The molecule has 0 bridgehead atoms. The predicted octanol–water partition coefficient (Wildman–Crippen LogP) is 1.34. The summed E-state index contributed by atoms with van der Waals surface area (Å²) in [6.07, 6.45) is 2.76. The third-order valence-electron chi connectivity index (χ3n) is 2.97. The average Bonchev–Trinajstić information content (AvgIpc) is 2.69. The van der Waals surface area contributed by atoms with Crippen LogP contribution in [0.5, 0.6) is 0 Å². The highest BCUT2D eigenvalue weighted by atomic mass is 15.3. The number of anilines is 1. The highest BCUT2D eigenvalue weighted by molar-refractivity contribution is 5.61. The first-order valence-corrected chi connectivity index (χ1v) is 5.91. The van der Waals surface area contributed by atoms with Crippen molar-refractivity contribution in [1.82, 2.24) is 19.7 Å². The van der Waals surface area contributed by atoms with Crippen LogP contribution < -0.4 is 11.3 Å². The standard InChI is InChI=1S/C12H18N6/c1-5-10-7(2)11(16-13)15-12(14-10)9-6-18(4)17-8(9)3/h6H,5,13H2,1-4H3,(H,14,15,16). The maximum atomic E-state index is 5.50. The Morgan fingerprint density at radius 2 is 2.06 bits per heavy atom. The lowest BCUT2D eigenvalue weighted by atomic mass is 10.1. The second kappa shape index (κ2) is 4.73. The van der Waals surface area contributed by atoms with Crippen molar-refractivity contribution in [2.24, 2.45) is 12.9 Å². The lowest BCUT2D eigenvalue weighted by Crippen LogP contribution is -2.13. The van der Waals surface area contributed by atoms with Crippen LogP contribution in [0.25, 0.3) is 11.4 Å². The maximum absolute atomic E-state index is 5.50. The zero-order valence-electron chi connectivity index (χ0n) is 11.2. The predicted molar refractivity (Wildman–Crippen MR) is 70.9 cm³/mol. The van der Waals surface area contributed by atoms with Gasteiger partial charge in [-0.25, -0.2) is 15.8 Å². The molecule has 2 rings (SSSR count). The summed E-state index contributed by atoms with van der Waals surface area (Å²) in [6, 6.07) is 0. The molecule has 0 saturated heterocycles. The summed E-state index contributed by atoms with van der Waals surface area (Å²) in [5, 5.41) is 4.31. The molecule has 18 heavy (non-hydrogen) atoms. The fraction of sp³-hybridized carbons (Fsp3) is 0.417. The fourth-order valence-electron chi connectivity index (χ4n) is 1.99. The van der Waals surface area contributed by atoms with Gasteiger partial charge in [-0.2, -0.15) is 5.10 Å². The van der Waals surface area contributed by atoms with E-state index in [1.165, 1.54) is 0 Å². The number of nitrogen functional groups attached to an aromatic ring is 1. The number of hydrogen-bond acceptors (Lipinski definition) is 5. The summed E-state index contributed by atoms with van der Waals surface area (Å²) in [5.41, 5.74) is 6.46. The number of nitrogens with two attached hydrogens (primary N) is 1. The molecule has 0 aliphatic heterocycles. The van der Waals surface area contributed by atoms with E-state index in [1.807, 2.05) is 27.1 Å². The first-order chi connectivity index (χ1) is 8.56. The summed E-state index contributed by atoms with van der Waals surface area (Å²) >= 11 is 0. The van der Waals surface area contributed by atoms with Crippen LogP contribution in [0.1, 0.15) is 23.9 Å². The van der Waals surface area contributed by atoms with Gasteiger partial charge in [0, 0.05) is 24.5 Å². The van der Waals surface area contributed by atoms with E-state index < -0.39 is 0 Å². The lowest BCUT2D eigenvalue weighted by molar-refractivity contribution is 0.756. The van der Waals surface area contributed by atoms with Gasteiger partial charge in [-0.1, -0.05) is 6.92 Å². The second-order valence-electron chi connectivity index (χ2n) is 4.27. The normalized spacial score (nSPS) is 10.7. The van der Waals surface area contributed by atoms with E-state index in [2.05, 4.69) is 27.4 Å². The second-order valence-corrected chi connectivity index (χ2v) is 4.27. The van der Waals surface area contributed by atoms with Crippen molar-refractivity contribution >= 4 is 5.82 Å². The minimum atomic E-state index is 0.663. The molecule has 0 amide bonds. The molecule has 96 valence electrons. The van der Waals surface area contributed by atoms with Crippen molar-refractivity contribution < 1.29 is 0 Å². The molecular formula is C12H18N6. The first kappa shape index (κ1) is 12.5. The number of aromatic nitrogens is 4. The highest BCUT2D eigenvalue weighted by Gasteiger charge is 2.14. The van der Waals surface area contributed by atoms with Crippen LogP contribution in [-0.2, 0) is 13.5 Å². The molecule has 0 spiro atoms. The molecule has 0 aromatic carbocycles. The van der Waals surface area contributed by atoms with Crippen molar-refractivity contribution in [3.8, 4) is 11.4 Å². The van der Waals surface area contributed by atoms with E-state index in [0.29, 0.717) is 11.6 Å². The number of hydrogen-bond donors (Lipinski definition) is 2. The molecule has 0 aliphatic rings. The third-order valence-corrected chi connectivity index (χ3v) is 2.97. The Balaban J connectivity index is 2.61. The molecule has 0 fully saturated rings. The highest BCUT2D eigenvalue weighted by Crippen LogP contribution is 2.23. The third kappa shape index (κ3) is 2.06. The van der Waals surface area contributed by atoms with Crippen molar-refractivity contribution in [2.75, 3.05) is 5.43 Å². The van der Waals surface area contributed by atoms with Gasteiger partial charge in [0.1, 0.15) is 5.82 Å². The molecule has 2 heterocycles. The Bertz CT molecular complexity index is 547.